The van der Waals surface area contributed by atoms with Crippen LogP contribution in [-0.2, 0) is 13.4 Å². The standard InChI is InChI=1S/C8H17N.H4O7P2/c1-9(2)8-6-4-3-5-7-8;1-8(2,3)7-9(4,5)6/h8H,3-7H2,1-2H3;(H2,1,2,3)(H2,4,5,6). The van der Waals surface area contributed by atoms with Gasteiger partial charge in [-0.15, -0.1) is 0 Å². The molecule has 1 aliphatic carbocycles. The highest BCUT2D eigenvalue weighted by Gasteiger charge is 2.27. The van der Waals surface area contributed by atoms with Gasteiger partial charge >= 0.3 is 15.6 Å². The van der Waals surface area contributed by atoms with Crippen LogP contribution in [0, 0.1) is 0 Å². The van der Waals surface area contributed by atoms with Crippen LogP contribution in [-0.4, -0.2) is 44.6 Å². The van der Waals surface area contributed by atoms with E-state index in [9.17, 15) is 9.13 Å². The first kappa shape index (κ1) is 18.2. The molecule has 0 aliphatic heterocycles. The van der Waals surface area contributed by atoms with Gasteiger partial charge in [-0.25, -0.2) is 9.13 Å². The highest BCUT2D eigenvalue weighted by Crippen LogP contribution is 2.53. The average molecular weight is 305 g/mol. The predicted molar refractivity (Wildman–Crippen MR) is 65.7 cm³/mol. The smallest absolute Gasteiger partial charge is 0.306 e. The molecule has 1 aliphatic rings. The van der Waals surface area contributed by atoms with E-state index in [1.807, 2.05) is 0 Å². The summed E-state index contributed by atoms with van der Waals surface area (Å²) >= 11 is 0. The molecule has 8 nitrogen and oxygen atoms in total. The summed E-state index contributed by atoms with van der Waals surface area (Å²) in [6, 6.07) is 0.888. The normalized spacial score (nSPS) is 18.4. The molecular weight excluding hydrogens is 284 g/mol. The molecule has 0 atom stereocenters. The lowest BCUT2D eigenvalue weighted by atomic mass is 9.95. The summed E-state index contributed by atoms with van der Waals surface area (Å²) < 4.78 is 22.2. The van der Waals surface area contributed by atoms with Gasteiger partial charge in [-0.3, -0.25) is 0 Å². The Balaban J connectivity index is 0.000000321. The van der Waals surface area contributed by atoms with Crippen LogP contribution in [0.25, 0.3) is 0 Å². The van der Waals surface area contributed by atoms with E-state index in [4.69, 9.17) is 19.6 Å². The summed E-state index contributed by atoms with van der Waals surface area (Å²) in [6.45, 7) is 0. The number of phosphoric acid groups is 2. The van der Waals surface area contributed by atoms with Crippen LogP contribution in [0.15, 0.2) is 0 Å². The third-order valence-corrected chi connectivity index (χ3v) is 4.22. The van der Waals surface area contributed by atoms with E-state index in [2.05, 4.69) is 23.3 Å². The zero-order valence-electron chi connectivity index (χ0n) is 10.5. The lowest BCUT2D eigenvalue weighted by molar-refractivity contribution is 0.225. The second-order valence-electron chi connectivity index (χ2n) is 4.32. The van der Waals surface area contributed by atoms with Gasteiger partial charge in [0, 0.05) is 6.04 Å². The van der Waals surface area contributed by atoms with E-state index in [1.165, 1.54) is 32.1 Å². The first-order valence-corrected chi connectivity index (χ1v) is 8.56. The van der Waals surface area contributed by atoms with E-state index in [0.29, 0.717) is 0 Å². The third-order valence-electron chi connectivity index (χ3n) is 2.52. The van der Waals surface area contributed by atoms with Crippen molar-refractivity contribution in [3.8, 4) is 0 Å². The molecule has 1 saturated carbocycles. The summed E-state index contributed by atoms with van der Waals surface area (Å²) in [4.78, 5) is 33.4. The fourth-order valence-corrected chi connectivity index (χ4v) is 2.84. The van der Waals surface area contributed by atoms with Crippen LogP contribution in [0.5, 0.6) is 0 Å². The van der Waals surface area contributed by atoms with Gasteiger partial charge in [0.25, 0.3) is 0 Å². The van der Waals surface area contributed by atoms with Gasteiger partial charge in [0.15, 0.2) is 0 Å². The number of rotatable bonds is 3. The molecule has 0 aromatic heterocycles. The predicted octanol–water partition coefficient (Wildman–Crippen LogP) is 1.07. The molecule has 0 spiro atoms. The number of hydrogen-bond donors (Lipinski definition) is 4. The number of hydrogen-bond acceptors (Lipinski definition) is 4. The van der Waals surface area contributed by atoms with Crippen molar-refractivity contribution in [1.82, 2.24) is 4.90 Å². The molecule has 1 rings (SSSR count). The molecule has 4 N–H and O–H groups in total. The molecule has 0 unspecified atom stereocenters. The zero-order chi connectivity index (χ0) is 14.4. The van der Waals surface area contributed by atoms with Crippen molar-refractivity contribution in [2.24, 2.45) is 0 Å². The van der Waals surface area contributed by atoms with Crippen LogP contribution >= 0.6 is 15.6 Å². The van der Waals surface area contributed by atoms with Crippen molar-refractivity contribution >= 4 is 15.6 Å². The summed E-state index contributed by atoms with van der Waals surface area (Å²) in [5.41, 5.74) is 0. The Morgan fingerprint density at radius 3 is 1.50 bits per heavy atom. The van der Waals surface area contributed by atoms with E-state index < -0.39 is 15.6 Å². The fraction of sp³-hybridized carbons (Fsp3) is 1.00. The Bertz CT molecular complexity index is 297. The summed E-state index contributed by atoms with van der Waals surface area (Å²) in [6.07, 6.45) is 7.20. The number of nitrogens with zero attached hydrogens (tertiary/aromatic N) is 1. The molecule has 10 heteroatoms. The summed E-state index contributed by atoms with van der Waals surface area (Å²) in [7, 11) is -5.72. The van der Waals surface area contributed by atoms with Crippen LogP contribution in [0.3, 0.4) is 0 Å². The highest BCUT2D eigenvalue weighted by atomic mass is 31.3. The van der Waals surface area contributed by atoms with Crippen molar-refractivity contribution in [1.29, 1.82) is 0 Å². The van der Waals surface area contributed by atoms with Gasteiger partial charge in [0.2, 0.25) is 0 Å². The van der Waals surface area contributed by atoms with Crippen LogP contribution in [0.4, 0.5) is 0 Å². The minimum atomic E-state index is -5.05. The quantitative estimate of drug-likeness (QED) is 0.570. The van der Waals surface area contributed by atoms with E-state index in [-0.39, 0.29) is 0 Å². The highest BCUT2D eigenvalue weighted by molar-refractivity contribution is 7.60. The molecule has 0 amide bonds. The Kier molecular flexibility index (Phi) is 7.82. The molecule has 0 heterocycles. The van der Waals surface area contributed by atoms with Crippen LogP contribution in [0.2, 0.25) is 0 Å². The maximum absolute atomic E-state index is 9.63. The second-order valence-corrected chi connectivity index (χ2v) is 6.93. The molecule has 0 radical (unpaired) electrons. The van der Waals surface area contributed by atoms with E-state index in [0.717, 1.165) is 6.04 Å². The van der Waals surface area contributed by atoms with Crippen molar-refractivity contribution in [3.05, 3.63) is 0 Å². The van der Waals surface area contributed by atoms with Crippen LogP contribution < -0.4 is 0 Å². The maximum atomic E-state index is 9.63. The molecule has 0 aromatic carbocycles. The van der Waals surface area contributed by atoms with Crippen molar-refractivity contribution in [2.75, 3.05) is 14.1 Å². The van der Waals surface area contributed by atoms with Gasteiger partial charge in [0.1, 0.15) is 0 Å². The summed E-state index contributed by atoms with van der Waals surface area (Å²) in [5.74, 6) is 0. The molecule has 0 bridgehead atoms. The van der Waals surface area contributed by atoms with Gasteiger partial charge in [-0.2, -0.15) is 4.31 Å². The van der Waals surface area contributed by atoms with E-state index in [1.54, 1.807) is 0 Å². The Morgan fingerprint density at radius 1 is 0.944 bits per heavy atom. The van der Waals surface area contributed by atoms with Gasteiger partial charge in [0.05, 0.1) is 0 Å². The molecular formula is C8H21NO7P2. The molecule has 0 aromatic rings. The van der Waals surface area contributed by atoms with Crippen molar-refractivity contribution in [3.63, 3.8) is 0 Å². The first-order chi connectivity index (χ1) is 8.01. The fourth-order valence-electron chi connectivity index (χ4n) is 1.74. The Hall–Kier alpha value is 0.220. The lowest BCUT2D eigenvalue weighted by Gasteiger charge is -2.27. The SMILES string of the molecule is CN(C)C1CCCCC1.O=P(O)(O)OP(=O)(O)O. The zero-order valence-corrected chi connectivity index (χ0v) is 12.3. The van der Waals surface area contributed by atoms with Gasteiger partial charge < -0.3 is 24.5 Å². The molecule has 18 heavy (non-hydrogen) atoms. The van der Waals surface area contributed by atoms with Gasteiger partial charge in [-0.1, -0.05) is 19.3 Å². The topological polar surface area (TPSA) is 128 Å². The second kappa shape index (κ2) is 7.72. The van der Waals surface area contributed by atoms with Crippen molar-refractivity contribution < 1.29 is 33.0 Å². The first-order valence-electron chi connectivity index (χ1n) is 5.50. The lowest BCUT2D eigenvalue weighted by Crippen LogP contribution is -2.29. The molecule has 1 fully saturated rings. The maximum Gasteiger partial charge on any atom is 0.478 e. The monoisotopic (exact) mass is 305 g/mol. The largest absolute Gasteiger partial charge is 0.478 e. The molecule has 110 valence electrons. The minimum absolute atomic E-state index is 0.888. The van der Waals surface area contributed by atoms with Gasteiger partial charge in [-0.05, 0) is 26.9 Å². The Labute approximate surface area is 106 Å². The minimum Gasteiger partial charge on any atom is -0.306 e. The van der Waals surface area contributed by atoms with Crippen molar-refractivity contribution in [2.45, 2.75) is 38.1 Å². The summed E-state index contributed by atoms with van der Waals surface area (Å²) in [5, 5.41) is 0. The van der Waals surface area contributed by atoms with Crippen LogP contribution in [0.1, 0.15) is 32.1 Å². The molecule has 0 saturated heterocycles. The van der Waals surface area contributed by atoms with E-state index >= 15 is 0 Å². The third kappa shape index (κ3) is 11.3. The average Bonchev–Trinajstić information content (AvgIpc) is 2.14. The Morgan fingerprint density at radius 2 is 1.33 bits per heavy atom.